The van der Waals surface area contributed by atoms with Gasteiger partial charge in [0, 0.05) is 25.5 Å². The summed E-state index contributed by atoms with van der Waals surface area (Å²) in [5.74, 6) is -0.404. The summed E-state index contributed by atoms with van der Waals surface area (Å²) in [5.41, 5.74) is 9.38. The van der Waals surface area contributed by atoms with Crippen molar-refractivity contribution in [2.24, 2.45) is 11.1 Å². The summed E-state index contributed by atoms with van der Waals surface area (Å²) >= 11 is 0. The van der Waals surface area contributed by atoms with Crippen molar-refractivity contribution in [1.82, 2.24) is 10.9 Å². The molecule has 0 aromatic carbocycles. The normalized spacial score (nSPS) is 12.3. The van der Waals surface area contributed by atoms with Gasteiger partial charge in [0.1, 0.15) is 0 Å². The monoisotopic (exact) mass is 273 g/mol. The molecule has 0 heterocycles. The number of hydrazine groups is 1. The van der Waals surface area contributed by atoms with Gasteiger partial charge in [-0.3, -0.25) is 15.0 Å². The number of nitrogens with two attached hydrogens (primary N) is 1. The van der Waals surface area contributed by atoms with E-state index in [1.54, 1.807) is 7.05 Å². The second-order valence-electron chi connectivity index (χ2n) is 5.91. The molecular formula is C13H27N3O3. The van der Waals surface area contributed by atoms with E-state index in [1.807, 2.05) is 27.7 Å². The van der Waals surface area contributed by atoms with Gasteiger partial charge < -0.3 is 10.5 Å². The Bertz CT molecular complexity index is 314. The molecule has 0 spiro atoms. The molecule has 0 unspecified atom stereocenters. The van der Waals surface area contributed by atoms with Crippen LogP contribution in [0.15, 0.2) is 0 Å². The van der Waals surface area contributed by atoms with Crippen LogP contribution in [0.1, 0.15) is 47.0 Å². The maximum atomic E-state index is 11.7. The van der Waals surface area contributed by atoms with Crippen LogP contribution in [0.3, 0.4) is 0 Å². The third kappa shape index (κ3) is 7.79. The standard InChI is InChI=1S/C13H27N3O3/c1-12(2,11(18)16-15-5)8-9-19-13(3,4)7-6-10(14)17/h15H,6-9H2,1-5H3,(H2,14,17)(H,16,18). The molecule has 0 saturated carbocycles. The van der Waals surface area contributed by atoms with Gasteiger partial charge in [0.2, 0.25) is 11.8 Å². The molecule has 0 aromatic rings. The topological polar surface area (TPSA) is 93.4 Å². The summed E-state index contributed by atoms with van der Waals surface area (Å²) in [4.78, 5) is 22.5. The van der Waals surface area contributed by atoms with E-state index in [0.29, 0.717) is 25.9 Å². The fraction of sp³-hybridized carbons (Fsp3) is 0.846. The van der Waals surface area contributed by atoms with Crippen LogP contribution >= 0.6 is 0 Å². The number of rotatable bonds is 9. The molecule has 4 N–H and O–H groups in total. The highest BCUT2D eigenvalue weighted by Crippen LogP contribution is 2.23. The van der Waals surface area contributed by atoms with E-state index < -0.39 is 11.0 Å². The van der Waals surface area contributed by atoms with Crippen LogP contribution in [0, 0.1) is 5.41 Å². The van der Waals surface area contributed by atoms with Crippen molar-refractivity contribution in [2.45, 2.75) is 52.6 Å². The van der Waals surface area contributed by atoms with Crippen molar-refractivity contribution < 1.29 is 14.3 Å². The first kappa shape index (κ1) is 17.9. The van der Waals surface area contributed by atoms with Gasteiger partial charge in [-0.15, -0.1) is 0 Å². The number of hydrogen-bond acceptors (Lipinski definition) is 4. The first-order valence-electron chi connectivity index (χ1n) is 6.50. The summed E-state index contributed by atoms with van der Waals surface area (Å²) in [7, 11) is 1.65. The van der Waals surface area contributed by atoms with Crippen LogP contribution in [0.5, 0.6) is 0 Å². The molecular weight excluding hydrogens is 246 g/mol. The van der Waals surface area contributed by atoms with E-state index in [2.05, 4.69) is 10.9 Å². The third-order valence-corrected chi connectivity index (χ3v) is 3.05. The second-order valence-corrected chi connectivity index (χ2v) is 5.91. The van der Waals surface area contributed by atoms with Gasteiger partial charge >= 0.3 is 0 Å². The zero-order valence-corrected chi connectivity index (χ0v) is 12.6. The highest BCUT2D eigenvalue weighted by Gasteiger charge is 2.28. The molecule has 0 saturated heterocycles. The minimum Gasteiger partial charge on any atom is -0.376 e. The molecule has 19 heavy (non-hydrogen) atoms. The number of hydrogen-bond donors (Lipinski definition) is 3. The highest BCUT2D eigenvalue weighted by atomic mass is 16.5. The van der Waals surface area contributed by atoms with E-state index in [0.717, 1.165) is 0 Å². The molecule has 6 heteroatoms. The Kier molecular flexibility index (Phi) is 7.00. The highest BCUT2D eigenvalue weighted by molar-refractivity contribution is 5.81. The first-order valence-corrected chi connectivity index (χ1v) is 6.50. The summed E-state index contributed by atoms with van der Waals surface area (Å²) < 4.78 is 5.74. The van der Waals surface area contributed by atoms with Crippen LogP contribution in [0.25, 0.3) is 0 Å². The fourth-order valence-corrected chi connectivity index (χ4v) is 1.48. The van der Waals surface area contributed by atoms with Crippen LogP contribution < -0.4 is 16.6 Å². The number of carbonyl (C=O) groups is 2. The Morgan fingerprint density at radius 2 is 1.74 bits per heavy atom. The predicted octanol–water partition coefficient (Wildman–Crippen LogP) is 0.714. The molecule has 0 atom stereocenters. The largest absolute Gasteiger partial charge is 0.376 e. The van der Waals surface area contributed by atoms with Crippen molar-refractivity contribution in [1.29, 1.82) is 0 Å². The lowest BCUT2D eigenvalue weighted by molar-refractivity contribution is -0.132. The molecule has 0 bridgehead atoms. The van der Waals surface area contributed by atoms with Crippen molar-refractivity contribution in [3.05, 3.63) is 0 Å². The Morgan fingerprint density at radius 1 is 1.16 bits per heavy atom. The average molecular weight is 273 g/mol. The van der Waals surface area contributed by atoms with Gasteiger partial charge in [-0.1, -0.05) is 13.8 Å². The maximum absolute atomic E-state index is 11.7. The smallest absolute Gasteiger partial charge is 0.239 e. The van der Waals surface area contributed by atoms with E-state index >= 15 is 0 Å². The number of ether oxygens (including phenoxy) is 1. The van der Waals surface area contributed by atoms with Crippen LogP contribution in [-0.2, 0) is 14.3 Å². The van der Waals surface area contributed by atoms with Gasteiger partial charge in [0.15, 0.2) is 0 Å². The lowest BCUT2D eigenvalue weighted by atomic mass is 9.89. The molecule has 0 aliphatic carbocycles. The average Bonchev–Trinajstić information content (AvgIpc) is 2.26. The summed E-state index contributed by atoms with van der Waals surface area (Å²) in [6, 6.07) is 0. The predicted molar refractivity (Wildman–Crippen MR) is 74.1 cm³/mol. The number of carbonyl (C=O) groups excluding carboxylic acids is 2. The van der Waals surface area contributed by atoms with Gasteiger partial charge in [0.25, 0.3) is 0 Å². The minimum absolute atomic E-state index is 0.0754. The zero-order valence-electron chi connectivity index (χ0n) is 12.6. The van der Waals surface area contributed by atoms with E-state index in [-0.39, 0.29) is 11.8 Å². The molecule has 0 rings (SSSR count). The number of primary amides is 1. The van der Waals surface area contributed by atoms with E-state index in [1.165, 1.54) is 0 Å². The molecule has 0 fully saturated rings. The van der Waals surface area contributed by atoms with Crippen molar-refractivity contribution >= 4 is 11.8 Å². The Labute approximate surface area is 115 Å². The lowest BCUT2D eigenvalue weighted by Crippen LogP contribution is -2.44. The van der Waals surface area contributed by atoms with Crippen molar-refractivity contribution in [2.75, 3.05) is 13.7 Å². The minimum atomic E-state index is -0.511. The maximum Gasteiger partial charge on any atom is 0.239 e. The Balaban J connectivity index is 4.13. The number of amides is 2. The molecule has 0 aliphatic rings. The summed E-state index contributed by atoms with van der Waals surface area (Å²) in [6.45, 7) is 8.00. The second kappa shape index (κ2) is 7.45. The molecule has 0 aromatic heterocycles. The van der Waals surface area contributed by atoms with Crippen LogP contribution in [0.2, 0.25) is 0 Å². The molecule has 6 nitrogen and oxygen atoms in total. The van der Waals surface area contributed by atoms with Gasteiger partial charge in [0.05, 0.1) is 5.60 Å². The van der Waals surface area contributed by atoms with Crippen molar-refractivity contribution in [3.8, 4) is 0 Å². The molecule has 112 valence electrons. The van der Waals surface area contributed by atoms with Crippen molar-refractivity contribution in [3.63, 3.8) is 0 Å². The molecule has 0 radical (unpaired) electrons. The fourth-order valence-electron chi connectivity index (χ4n) is 1.48. The first-order chi connectivity index (χ1) is 8.60. The van der Waals surface area contributed by atoms with Gasteiger partial charge in [-0.25, -0.2) is 5.43 Å². The Hall–Kier alpha value is -1.14. The quantitative estimate of drug-likeness (QED) is 0.539. The molecule has 2 amide bonds. The van der Waals surface area contributed by atoms with Gasteiger partial charge in [-0.05, 0) is 26.7 Å². The number of nitrogens with one attached hydrogen (secondary N) is 2. The summed E-state index contributed by atoms with van der Waals surface area (Å²) in [6.07, 6.45) is 1.47. The summed E-state index contributed by atoms with van der Waals surface area (Å²) in [5, 5.41) is 0. The third-order valence-electron chi connectivity index (χ3n) is 3.05. The molecule has 0 aliphatic heterocycles. The van der Waals surface area contributed by atoms with E-state index in [9.17, 15) is 9.59 Å². The van der Waals surface area contributed by atoms with Gasteiger partial charge in [-0.2, -0.15) is 0 Å². The Morgan fingerprint density at radius 3 is 2.21 bits per heavy atom. The van der Waals surface area contributed by atoms with Crippen LogP contribution in [0.4, 0.5) is 0 Å². The van der Waals surface area contributed by atoms with E-state index in [4.69, 9.17) is 10.5 Å². The van der Waals surface area contributed by atoms with Crippen LogP contribution in [-0.4, -0.2) is 31.1 Å². The lowest BCUT2D eigenvalue weighted by Gasteiger charge is -2.28. The zero-order chi connectivity index (χ0) is 15.1. The SMILES string of the molecule is CNNC(=O)C(C)(C)CCOC(C)(C)CCC(N)=O.